The van der Waals surface area contributed by atoms with E-state index in [0.717, 1.165) is 30.7 Å². The number of rotatable bonds is 10. The van der Waals surface area contributed by atoms with E-state index < -0.39 is 0 Å². The molecule has 0 saturated carbocycles. The second-order valence-electron chi connectivity index (χ2n) is 4.55. The minimum absolute atomic E-state index is 0.113. The quantitative estimate of drug-likeness (QED) is 0.680. The molecule has 1 atom stereocenters. The maximum absolute atomic E-state index is 9.23. The van der Waals surface area contributed by atoms with Crippen molar-refractivity contribution in [2.75, 3.05) is 26.9 Å². The van der Waals surface area contributed by atoms with E-state index in [-0.39, 0.29) is 12.6 Å². The van der Waals surface area contributed by atoms with Crippen molar-refractivity contribution in [3.63, 3.8) is 0 Å². The highest BCUT2D eigenvalue weighted by molar-refractivity contribution is 5.28. The molecule has 108 valence electrons. The van der Waals surface area contributed by atoms with Gasteiger partial charge in [-0.3, -0.25) is 0 Å². The van der Waals surface area contributed by atoms with E-state index in [2.05, 4.69) is 12.2 Å². The first-order valence-corrected chi connectivity index (χ1v) is 6.85. The Labute approximate surface area is 115 Å². The molecule has 0 aliphatic carbocycles. The Morgan fingerprint density at radius 3 is 2.89 bits per heavy atom. The van der Waals surface area contributed by atoms with Crippen LogP contribution in [0.3, 0.4) is 0 Å². The smallest absolute Gasteiger partial charge is 0.119 e. The average molecular weight is 267 g/mol. The molecular weight excluding hydrogens is 242 g/mol. The van der Waals surface area contributed by atoms with Gasteiger partial charge in [0, 0.05) is 13.2 Å². The Morgan fingerprint density at radius 2 is 2.21 bits per heavy atom. The van der Waals surface area contributed by atoms with E-state index in [1.165, 1.54) is 0 Å². The van der Waals surface area contributed by atoms with Crippen LogP contribution in [0, 0.1) is 0 Å². The summed E-state index contributed by atoms with van der Waals surface area (Å²) in [6.45, 7) is 4.37. The number of hydrogen-bond acceptors (Lipinski definition) is 4. The summed E-state index contributed by atoms with van der Waals surface area (Å²) in [7, 11) is 1.68. The fraction of sp³-hybridized carbons (Fsp3) is 0.600. The minimum atomic E-state index is 0.113. The van der Waals surface area contributed by atoms with Crippen LogP contribution in [-0.4, -0.2) is 38.0 Å². The molecule has 0 radical (unpaired) electrons. The van der Waals surface area contributed by atoms with Crippen molar-refractivity contribution in [1.82, 2.24) is 5.32 Å². The summed E-state index contributed by atoms with van der Waals surface area (Å²) in [5, 5.41) is 12.5. The summed E-state index contributed by atoms with van der Waals surface area (Å²) < 4.78 is 10.8. The zero-order valence-corrected chi connectivity index (χ0v) is 11.9. The van der Waals surface area contributed by atoms with Gasteiger partial charge < -0.3 is 19.9 Å². The van der Waals surface area contributed by atoms with E-state index in [4.69, 9.17) is 9.47 Å². The van der Waals surface area contributed by atoms with Crippen LogP contribution < -0.4 is 10.1 Å². The van der Waals surface area contributed by atoms with Gasteiger partial charge in [-0.25, -0.2) is 0 Å². The molecule has 0 aliphatic heterocycles. The Balaban J connectivity index is 2.33. The van der Waals surface area contributed by atoms with Crippen LogP contribution in [0.4, 0.5) is 0 Å². The third kappa shape index (κ3) is 6.57. The van der Waals surface area contributed by atoms with E-state index in [9.17, 15) is 5.11 Å². The topological polar surface area (TPSA) is 50.7 Å². The third-order valence-electron chi connectivity index (χ3n) is 2.85. The first-order chi connectivity index (χ1) is 9.30. The summed E-state index contributed by atoms with van der Waals surface area (Å²) in [6.07, 6.45) is 1.86. The lowest BCUT2D eigenvalue weighted by molar-refractivity contribution is 0.184. The number of methoxy groups -OCH3 is 1. The highest BCUT2D eigenvalue weighted by Crippen LogP contribution is 2.14. The maximum atomic E-state index is 9.23. The van der Waals surface area contributed by atoms with Gasteiger partial charge in [0.15, 0.2) is 0 Å². The molecule has 1 unspecified atom stereocenters. The molecule has 0 aromatic heterocycles. The second-order valence-corrected chi connectivity index (χ2v) is 4.55. The monoisotopic (exact) mass is 267 g/mol. The van der Waals surface area contributed by atoms with Gasteiger partial charge in [0.25, 0.3) is 0 Å². The molecule has 1 aromatic carbocycles. The zero-order chi connectivity index (χ0) is 13.9. The normalized spacial score (nSPS) is 12.4. The van der Waals surface area contributed by atoms with E-state index in [1.807, 2.05) is 24.3 Å². The molecule has 0 fully saturated rings. The van der Waals surface area contributed by atoms with Crippen LogP contribution in [0.2, 0.25) is 0 Å². The van der Waals surface area contributed by atoms with Crippen molar-refractivity contribution in [3.8, 4) is 5.75 Å². The summed E-state index contributed by atoms with van der Waals surface area (Å²) in [6, 6.07) is 8.00. The van der Waals surface area contributed by atoms with Crippen molar-refractivity contribution in [3.05, 3.63) is 29.8 Å². The number of benzene rings is 1. The molecule has 4 heteroatoms. The lowest BCUT2D eigenvalue weighted by Gasteiger charge is -2.16. The fourth-order valence-electron chi connectivity index (χ4n) is 1.82. The van der Waals surface area contributed by atoms with Crippen molar-refractivity contribution in [2.24, 2.45) is 0 Å². The Bertz CT molecular complexity index is 344. The molecule has 0 heterocycles. The van der Waals surface area contributed by atoms with Crippen molar-refractivity contribution < 1.29 is 14.6 Å². The number of ether oxygens (including phenoxy) is 2. The molecule has 19 heavy (non-hydrogen) atoms. The first-order valence-electron chi connectivity index (χ1n) is 6.85. The first kappa shape index (κ1) is 16.0. The van der Waals surface area contributed by atoms with Crippen LogP contribution in [0.15, 0.2) is 24.3 Å². The van der Waals surface area contributed by atoms with Gasteiger partial charge in [0.1, 0.15) is 5.75 Å². The van der Waals surface area contributed by atoms with Crippen molar-refractivity contribution in [1.29, 1.82) is 0 Å². The van der Waals surface area contributed by atoms with E-state index in [1.54, 1.807) is 7.11 Å². The molecule has 0 amide bonds. The van der Waals surface area contributed by atoms with E-state index >= 15 is 0 Å². The number of hydrogen-bond donors (Lipinski definition) is 2. The van der Waals surface area contributed by atoms with Crippen LogP contribution in [0.25, 0.3) is 0 Å². The van der Waals surface area contributed by atoms with Crippen molar-refractivity contribution in [2.45, 2.75) is 32.4 Å². The summed E-state index contributed by atoms with van der Waals surface area (Å²) >= 11 is 0. The largest absolute Gasteiger partial charge is 0.494 e. The van der Waals surface area contributed by atoms with Crippen molar-refractivity contribution >= 4 is 0 Å². The Kier molecular flexibility index (Phi) is 8.21. The molecule has 0 saturated heterocycles. The SMILES string of the molecule is CCCNC(CO)CCOc1cccc(COC)c1. The van der Waals surface area contributed by atoms with Crippen LogP contribution in [0.5, 0.6) is 5.75 Å². The Hall–Kier alpha value is -1.10. The molecular formula is C15H25NO3. The van der Waals surface area contributed by atoms with Crippen LogP contribution in [0.1, 0.15) is 25.3 Å². The molecule has 1 rings (SSSR count). The van der Waals surface area contributed by atoms with Gasteiger partial charge in [-0.2, -0.15) is 0 Å². The zero-order valence-electron chi connectivity index (χ0n) is 11.9. The molecule has 0 spiro atoms. The predicted octanol–water partition coefficient (Wildman–Crippen LogP) is 1.96. The lowest BCUT2D eigenvalue weighted by atomic mass is 10.2. The molecule has 0 aliphatic rings. The molecule has 1 aromatic rings. The number of aliphatic hydroxyl groups is 1. The van der Waals surface area contributed by atoms with Gasteiger partial charge in [0.2, 0.25) is 0 Å². The molecule has 0 bridgehead atoms. The minimum Gasteiger partial charge on any atom is -0.494 e. The predicted molar refractivity (Wildman–Crippen MR) is 76.4 cm³/mol. The average Bonchev–Trinajstić information content (AvgIpc) is 2.43. The maximum Gasteiger partial charge on any atom is 0.119 e. The summed E-state index contributed by atoms with van der Waals surface area (Å²) in [5.41, 5.74) is 1.10. The van der Waals surface area contributed by atoms with Gasteiger partial charge >= 0.3 is 0 Å². The van der Waals surface area contributed by atoms with Gasteiger partial charge in [-0.1, -0.05) is 19.1 Å². The van der Waals surface area contributed by atoms with Gasteiger partial charge in [-0.15, -0.1) is 0 Å². The number of aliphatic hydroxyl groups excluding tert-OH is 1. The van der Waals surface area contributed by atoms with Crippen LogP contribution >= 0.6 is 0 Å². The standard InChI is InChI=1S/C15H25NO3/c1-3-8-16-14(11-17)7-9-19-15-6-4-5-13(10-15)12-18-2/h4-6,10,14,16-17H,3,7-9,11-12H2,1-2H3. The highest BCUT2D eigenvalue weighted by atomic mass is 16.5. The fourth-order valence-corrected chi connectivity index (χ4v) is 1.82. The summed E-state index contributed by atoms with van der Waals surface area (Å²) in [4.78, 5) is 0. The van der Waals surface area contributed by atoms with Gasteiger partial charge in [-0.05, 0) is 37.1 Å². The highest BCUT2D eigenvalue weighted by Gasteiger charge is 2.06. The summed E-state index contributed by atoms with van der Waals surface area (Å²) in [5.74, 6) is 0.849. The van der Waals surface area contributed by atoms with Gasteiger partial charge in [0.05, 0.1) is 19.8 Å². The lowest BCUT2D eigenvalue weighted by Crippen LogP contribution is -2.34. The Morgan fingerprint density at radius 1 is 1.37 bits per heavy atom. The second kappa shape index (κ2) is 9.78. The molecule has 4 nitrogen and oxygen atoms in total. The number of nitrogens with one attached hydrogen (secondary N) is 1. The van der Waals surface area contributed by atoms with Crippen LogP contribution in [-0.2, 0) is 11.3 Å². The van der Waals surface area contributed by atoms with E-state index in [0.29, 0.717) is 13.2 Å². The third-order valence-corrected chi connectivity index (χ3v) is 2.85. The molecule has 2 N–H and O–H groups in total.